The third-order valence-electron chi connectivity index (χ3n) is 3.10. The minimum absolute atomic E-state index is 0. The molecule has 0 bridgehead atoms. The van der Waals surface area contributed by atoms with Gasteiger partial charge in [0, 0.05) is 23.3 Å². The first-order chi connectivity index (χ1) is 10.3. The van der Waals surface area contributed by atoms with Gasteiger partial charge in [0.05, 0.1) is 12.2 Å². The summed E-state index contributed by atoms with van der Waals surface area (Å²) in [5.74, 6) is 1.72. The summed E-state index contributed by atoms with van der Waals surface area (Å²) in [6.07, 6.45) is 1.79. The molecule has 3 nitrogen and oxygen atoms in total. The standard InChI is InChI=1S/C17H15ClN2O.ClH/c18-14-5-3-4-13(10-14)17-8-7-16(21-17)12-19-11-15-6-1-2-9-20-15;/h1-10,19H,11-12H2;1H. The smallest absolute Gasteiger partial charge is 0.134 e. The lowest BCUT2D eigenvalue weighted by molar-refractivity contribution is 0.492. The van der Waals surface area contributed by atoms with E-state index in [2.05, 4.69) is 10.3 Å². The number of hydrogen-bond donors (Lipinski definition) is 1. The van der Waals surface area contributed by atoms with Gasteiger partial charge in [0.15, 0.2) is 0 Å². The van der Waals surface area contributed by atoms with Crippen LogP contribution in [0.1, 0.15) is 11.5 Å². The van der Waals surface area contributed by atoms with E-state index < -0.39 is 0 Å². The molecule has 2 heterocycles. The summed E-state index contributed by atoms with van der Waals surface area (Å²) < 4.78 is 5.82. The van der Waals surface area contributed by atoms with Crippen LogP contribution in [-0.4, -0.2) is 4.98 Å². The number of pyridine rings is 1. The highest BCUT2D eigenvalue weighted by Gasteiger charge is 2.05. The molecule has 22 heavy (non-hydrogen) atoms. The zero-order chi connectivity index (χ0) is 14.5. The number of nitrogens with zero attached hydrogens (tertiary/aromatic N) is 1. The molecule has 1 aromatic carbocycles. The van der Waals surface area contributed by atoms with Gasteiger partial charge in [0.2, 0.25) is 0 Å². The molecule has 0 spiro atoms. The predicted octanol–water partition coefficient (Wildman–Crippen LogP) is 4.71. The molecular formula is C17H16Cl2N2O. The monoisotopic (exact) mass is 334 g/mol. The van der Waals surface area contributed by atoms with Gasteiger partial charge in [-0.05, 0) is 36.4 Å². The molecule has 0 saturated carbocycles. The number of nitrogens with one attached hydrogen (secondary N) is 1. The van der Waals surface area contributed by atoms with Crippen molar-refractivity contribution in [3.63, 3.8) is 0 Å². The highest BCUT2D eigenvalue weighted by atomic mass is 35.5. The molecule has 0 fully saturated rings. The Balaban J connectivity index is 0.00000176. The average Bonchev–Trinajstić information content (AvgIpc) is 2.97. The highest BCUT2D eigenvalue weighted by Crippen LogP contribution is 2.24. The Hall–Kier alpha value is -1.81. The summed E-state index contributed by atoms with van der Waals surface area (Å²) in [6.45, 7) is 1.38. The van der Waals surface area contributed by atoms with Gasteiger partial charge in [-0.2, -0.15) is 0 Å². The van der Waals surface area contributed by atoms with E-state index in [0.29, 0.717) is 18.1 Å². The fourth-order valence-corrected chi connectivity index (χ4v) is 2.28. The van der Waals surface area contributed by atoms with Crippen molar-refractivity contribution in [1.82, 2.24) is 10.3 Å². The zero-order valence-corrected chi connectivity index (χ0v) is 13.4. The predicted molar refractivity (Wildman–Crippen MR) is 91.2 cm³/mol. The number of aromatic nitrogens is 1. The maximum absolute atomic E-state index is 5.99. The molecule has 3 aromatic rings. The van der Waals surface area contributed by atoms with Crippen LogP contribution in [0.25, 0.3) is 11.3 Å². The van der Waals surface area contributed by atoms with Crippen LogP contribution in [-0.2, 0) is 13.1 Å². The van der Waals surface area contributed by atoms with Gasteiger partial charge in [-0.25, -0.2) is 0 Å². The summed E-state index contributed by atoms with van der Waals surface area (Å²) in [5.41, 5.74) is 2.00. The van der Waals surface area contributed by atoms with Crippen LogP contribution < -0.4 is 5.32 Å². The second kappa shape index (κ2) is 7.99. The van der Waals surface area contributed by atoms with Crippen molar-refractivity contribution in [1.29, 1.82) is 0 Å². The first-order valence-corrected chi connectivity index (χ1v) is 7.14. The van der Waals surface area contributed by atoms with Crippen molar-refractivity contribution in [3.8, 4) is 11.3 Å². The van der Waals surface area contributed by atoms with Crippen LogP contribution in [0, 0.1) is 0 Å². The van der Waals surface area contributed by atoms with Crippen molar-refractivity contribution in [2.45, 2.75) is 13.1 Å². The van der Waals surface area contributed by atoms with Crippen LogP contribution in [0.5, 0.6) is 0 Å². The summed E-state index contributed by atoms with van der Waals surface area (Å²) in [4.78, 5) is 4.26. The van der Waals surface area contributed by atoms with Gasteiger partial charge in [-0.15, -0.1) is 12.4 Å². The number of benzene rings is 1. The fraction of sp³-hybridized carbons (Fsp3) is 0.118. The number of hydrogen-bond acceptors (Lipinski definition) is 3. The van der Waals surface area contributed by atoms with E-state index in [1.54, 1.807) is 6.20 Å². The second-order valence-corrected chi connectivity index (χ2v) is 5.14. The van der Waals surface area contributed by atoms with Gasteiger partial charge in [-0.1, -0.05) is 29.8 Å². The maximum Gasteiger partial charge on any atom is 0.134 e. The summed E-state index contributed by atoms with van der Waals surface area (Å²) in [5, 5.41) is 4.02. The fourth-order valence-electron chi connectivity index (χ4n) is 2.09. The number of furan rings is 1. The van der Waals surface area contributed by atoms with Gasteiger partial charge in [-0.3, -0.25) is 4.98 Å². The van der Waals surface area contributed by atoms with Crippen molar-refractivity contribution in [3.05, 3.63) is 77.3 Å². The molecule has 0 atom stereocenters. The van der Waals surface area contributed by atoms with Crippen LogP contribution in [0.15, 0.2) is 65.2 Å². The zero-order valence-electron chi connectivity index (χ0n) is 11.8. The molecule has 114 valence electrons. The Morgan fingerprint density at radius 3 is 2.68 bits per heavy atom. The lowest BCUT2D eigenvalue weighted by atomic mass is 10.2. The average molecular weight is 335 g/mol. The van der Waals surface area contributed by atoms with E-state index in [9.17, 15) is 0 Å². The first kappa shape index (κ1) is 16.6. The van der Waals surface area contributed by atoms with Gasteiger partial charge < -0.3 is 9.73 Å². The summed E-state index contributed by atoms with van der Waals surface area (Å²) in [7, 11) is 0. The third-order valence-corrected chi connectivity index (χ3v) is 3.34. The molecule has 0 aliphatic carbocycles. The van der Waals surface area contributed by atoms with E-state index in [4.69, 9.17) is 16.0 Å². The van der Waals surface area contributed by atoms with Gasteiger partial charge >= 0.3 is 0 Å². The van der Waals surface area contributed by atoms with Crippen molar-refractivity contribution < 1.29 is 4.42 Å². The van der Waals surface area contributed by atoms with Crippen LogP contribution in [0.4, 0.5) is 0 Å². The van der Waals surface area contributed by atoms with Gasteiger partial charge in [0.1, 0.15) is 11.5 Å². The Kier molecular flexibility index (Phi) is 6.01. The topological polar surface area (TPSA) is 38.1 Å². The minimum Gasteiger partial charge on any atom is -0.460 e. The lowest BCUT2D eigenvalue weighted by Gasteiger charge is -2.02. The lowest BCUT2D eigenvalue weighted by Crippen LogP contribution is -2.12. The van der Waals surface area contributed by atoms with E-state index in [1.165, 1.54) is 0 Å². The van der Waals surface area contributed by atoms with E-state index in [-0.39, 0.29) is 12.4 Å². The maximum atomic E-state index is 5.99. The molecular weight excluding hydrogens is 319 g/mol. The first-order valence-electron chi connectivity index (χ1n) is 6.76. The van der Waals surface area contributed by atoms with E-state index >= 15 is 0 Å². The molecule has 0 saturated heterocycles. The number of rotatable bonds is 5. The van der Waals surface area contributed by atoms with Crippen molar-refractivity contribution in [2.24, 2.45) is 0 Å². The molecule has 0 unspecified atom stereocenters. The van der Waals surface area contributed by atoms with Crippen LogP contribution in [0.2, 0.25) is 5.02 Å². The molecule has 0 aliphatic heterocycles. The molecule has 3 rings (SSSR count). The minimum atomic E-state index is 0. The quantitative estimate of drug-likeness (QED) is 0.734. The summed E-state index contributed by atoms with van der Waals surface area (Å²) in [6, 6.07) is 17.5. The molecule has 1 N–H and O–H groups in total. The Morgan fingerprint density at radius 2 is 1.91 bits per heavy atom. The van der Waals surface area contributed by atoms with E-state index in [0.717, 1.165) is 22.8 Å². The normalized spacial score (nSPS) is 10.2. The SMILES string of the molecule is Cl.Clc1cccc(-c2ccc(CNCc3ccccn3)o2)c1. The molecule has 0 aliphatic rings. The molecule has 2 aromatic heterocycles. The van der Waals surface area contributed by atoms with Crippen LogP contribution in [0.3, 0.4) is 0 Å². The summed E-state index contributed by atoms with van der Waals surface area (Å²) >= 11 is 5.99. The Bertz CT molecular complexity index is 713. The molecule has 0 amide bonds. The Morgan fingerprint density at radius 1 is 1.00 bits per heavy atom. The highest BCUT2D eigenvalue weighted by molar-refractivity contribution is 6.30. The second-order valence-electron chi connectivity index (χ2n) is 4.70. The third kappa shape index (κ3) is 4.34. The Labute approximate surface area is 140 Å². The molecule has 5 heteroatoms. The van der Waals surface area contributed by atoms with Crippen molar-refractivity contribution in [2.75, 3.05) is 0 Å². The van der Waals surface area contributed by atoms with E-state index in [1.807, 2.05) is 54.6 Å². The van der Waals surface area contributed by atoms with Crippen molar-refractivity contribution >= 4 is 24.0 Å². The largest absolute Gasteiger partial charge is 0.460 e. The van der Waals surface area contributed by atoms with Gasteiger partial charge in [0.25, 0.3) is 0 Å². The van der Waals surface area contributed by atoms with Crippen LogP contribution >= 0.6 is 24.0 Å². The number of halogens is 2. The molecule has 0 radical (unpaired) electrons.